The lowest BCUT2D eigenvalue weighted by atomic mass is 9.94. The fourth-order valence-corrected chi connectivity index (χ4v) is 4.18. The molecule has 0 radical (unpaired) electrons. The Bertz CT molecular complexity index is 835. The molecule has 1 unspecified atom stereocenters. The van der Waals surface area contributed by atoms with Crippen LogP contribution in [0.4, 0.5) is 0 Å². The van der Waals surface area contributed by atoms with Crippen LogP contribution < -0.4 is 5.43 Å². The predicted octanol–water partition coefficient (Wildman–Crippen LogP) is 3.46. The van der Waals surface area contributed by atoms with Crippen molar-refractivity contribution in [2.24, 2.45) is 5.92 Å². The van der Waals surface area contributed by atoms with Crippen LogP contribution in [0.3, 0.4) is 0 Å². The molecule has 24 heavy (non-hydrogen) atoms. The molecule has 5 nitrogen and oxygen atoms in total. The van der Waals surface area contributed by atoms with Gasteiger partial charge in [0, 0.05) is 29.6 Å². The maximum Gasteiger partial charge on any atom is 0.343 e. The second-order valence-electron chi connectivity index (χ2n) is 6.31. The van der Waals surface area contributed by atoms with Gasteiger partial charge in [-0.2, -0.15) is 0 Å². The topological polar surface area (TPSA) is 61.2 Å². The lowest BCUT2D eigenvalue weighted by Crippen LogP contribution is -2.28. The van der Waals surface area contributed by atoms with Crippen molar-refractivity contribution in [1.82, 2.24) is 9.55 Å². The molecule has 1 atom stereocenters. The maximum atomic E-state index is 12.4. The smallest absolute Gasteiger partial charge is 0.343 e. The molecular formula is C18H22N2O3S. The number of aromatic nitrogens is 2. The molecule has 2 aromatic heterocycles. The second-order valence-corrected chi connectivity index (χ2v) is 7.48. The van der Waals surface area contributed by atoms with Crippen molar-refractivity contribution in [3.63, 3.8) is 0 Å². The predicted molar refractivity (Wildman–Crippen MR) is 94.7 cm³/mol. The van der Waals surface area contributed by atoms with Gasteiger partial charge in [-0.15, -0.1) is 11.3 Å². The van der Waals surface area contributed by atoms with Gasteiger partial charge in [-0.1, -0.05) is 20.8 Å². The summed E-state index contributed by atoms with van der Waals surface area (Å²) >= 11 is 1.73. The van der Waals surface area contributed by atoms with Gasteiger partial charge in [0.05, 0.1) is 17.3 Å². The van der Waals surface area contributed by atoms with Gasteiger partial charge in [-0.25, -0.2) is 9.78 Å². The number of carbonyl (C=O) groups excluding carboxylic acids is 1. The zero-order chi connectivity index (χ0) is 17.4. The summed E-state index contributed by atoms with van der Waals surface area (Å²) in [7, 11) is 0. The quantitative estimate of drug-likeness (QED) is 0.796. The molecule has 1 aliphatic rings. The number of rotatable bonds is 4. The first-order chi connectivity index (χ1) is 11.5. The van der Waals surface area contributed by atoms with Crippen molar-refractivity contribution < 1.29 is 9.53 Å². The van der Waals surface area contributed by atoms with Crippen molar-refractivity contribution in [2.45, 2.75) is 46.6 Å². The number of aryl methyl sites for hydroxylation is 1. The van der Waals surface area contributed by atoms with Gasteiger partial charge < -0.3 is 9.30 Å². The minimum Gasteiger partial charge on any atom is -0.462 e. The number of ether oxygens (including phenoxy) is 1. The third-order valence-corrected chi connectivity index (χ3v) is 5.61. The molecule has 3 rings (SSSR count). The number of nitrogens with zero attached hydrogens (tertiary/aromatic N) is 2. The van der Waals surface area contributed by atoms with E-state index in [1.807, 2.05) is 4.57 Å². The van der Waals surface area contributed by atoms with E-state index in [1.54, 1.807) is 30.5 Å². The fourth-order valence-electron chi connectivity index (χ4n) is 3.11. The minimum atomic E-state index is -0.557. The summed E-state index contributed by atoms with van der Waals surface area (Å²) in [6, 6.07) is 1.74. The van der Waals surface area contributed by atoms with E-state index in [0.717, 1.165) is 29.2 Å². The zero-order valence-corrected chi connectivity index (χ0v) is 15.3. The highest BCUT2D eigenvalue weighted by molar-refractivity contribution is 7.12. The highest BCUT2D eigenvalue weighted by atomic mass is 32.1. The van der Waals surface area contributed by atoms with Crippen LogP contribution >= 0.6 is 11.3 Å². The molecule has 0 amide bonds. The van der Waals surface area contributed by atoms with Gasteiger partial charge in [-0.05, 0) is 19.3 Å². The minimum absolute atomic E-state index is 0.0978. The molecule has 0 aliphatic carbocycles. The van der Waals surface area contributed by atoms with Crippen molar-refractivity contribution in [3.05, 3.63) is 37.9 Å². The van der Waals surface area contributed by atoms with Crippen LogP contribution in [-0.4, -0.2) is 22.1 Å². The number of hydrogen-bond donors (Lipinski definition) is 0. The van der Waals surface area contributed by atoms with Crippen LogP contribution in [0.5, 0.6) is 0 Å². The molecule has 3 heterocycles. The van der Waals surface area contributed by atoms with Crippen LogP contribution in [-0.2, 0) is 17.6 Å². The number of esters is 1. The van der Waals surface area contributed by atoms with Crippen molar-refractivity contribution in [3.8, 4) is 11.4 Å². The number of fused-ring (bicyclic) bond motifs is 3. The summed E-state index contributed by atoms with van der Waals surface area (Å²) in [5, 5.41) is 1.08. The summed E-state index contributed by atoms with van der Waals surface area (Å²) in [4.78, 5) is 30.4. The van der Waals surface area contributed by atoms with E-state index >= 15 is 0 Å². The molecule has 0 saturated heterocycles. The van der Waals surface area contributed by atoms with E-state index in [-0.39, 0.29) is 23.6 Å². The van der Waals surface area contributed by atoms with Crippen LogP contribution in [0.25, 0.3) is 11.4 Å². The Morgan fingerprint density at radius 1 is 1.46 bits per heavy atom. The lowest BCUT2D eigenvalue weighted by molar-refractivity contribution is 0.0523. The number of carbonyl (C=O) groups is 1. The molecule has 0 saturated carbocycles. The molecular weight excluding hydrogens is 324 g/mol. The Morgan fingerprint density at radius 3 is 2.83 bits per heavy atom. The molecule has 1 aliphatic heterocycles. The molecule has 0 fully saturated rings. The fraction of sp³-hybridized carbons (Fsp3) is 0.500. The Labute approximate surface area is 145 Å². The van der Waals surface area contributed by atoms with E-state index in [0.29, 0.717) is 5.92 Å². The van der Waals surface area contributed by atoms with E-state index in [9.17, 15) is 9.59 Å². The Morgan fingerprint density at radius 2 is 2.21 bits per heavy atom. The Balaban J connectivity index is 2.19. The third kappa shape index (κ3) is 2.79. The molecule has 6 heteroatoms. The SMILES string of the molecule is CCOC(=O)c1cn2c(cc1=O)-c1nc(CC)sc1CC2C(C)C. The first kappa shape index (κ1) is 16.9. The van der Waals surface area contributed by atoms with Crippen molar-refractivity contribution >= 4 is 17.3 Å². The zero-order valence-electron chi connectivity index (χ0n) is 14.5. The molecule has 0 aromatic carbocycles. The number of pyridine rings is 1. The van der Waals surface area contributed by atoms with Gasteiger partial charge >= 0.3 is 5.97 Å². The first-order valence-electron chi connectivity index (χ1n) is 8.38. The highest BCUT2D eigenvalue weighted by Crippen LogP contribution is 2.39. The summed E-state index contributed by atoms with van der Waals surface area (Å²) in [6.07, 6.45) is 3.42. The van der Waals surface area contributed by atoms with Crippen molar-refractivity contribution in [2.75, 3.05) is 6.61 Å². The van der Waals surface area contributed by atoms with E-state index < -0.39 is 5.97 Å². The highest BCUT2D eigenvalue weighted by Gasteiger charge is 2.30. The summed E-state index contributed by atoms with van der Waals surface area (Å²) in [5.74, 6) is -0.180. The van der Waals surface area contributed by atoms with Crippen LogP contribution in [0.15, 0.2) is 17.1 Å². The monoisotopic (exact) mass is 346 g/mol. The molecule has 128 valence electrons. The molecule has 2 aromatic rings. The van der Waals surface area contributed by atoms with E-state index in [1.165, 1.54) is 4.88 Å². The van der Waals surface area contributed by atoms with E-state index in [2.05, 4.69) is 20.8 Å². The van der Waals surface area contributed by atoms with E-state index in [4.69, 9.17) is 9.72 Å². The van der Waals surface area contributed by atoms with Gasteiger partial charge in [0.25, 0.3) is 0 Å². The van der Waals surface area contributed by atoms with Crippen LogP contribution in [0.2, 0.25) is 0 Å². The van der Waals surface area contributed by atoms with Gasteiger partial charge in [0.15, 0.2) is 5.43 Å². The maximum absolute atomic E-state index is 12.4. The third-order valence-electron chi connectivity index (χ3n) is 4.38. The number of hydrogen-bond acceptors (Lipinski definition) is 5. The second kappa shape index (κ2) is 6.51. The average molecular weight is 346 g/mol. The molecule has 0 spiro atoms. The summed E-state index contributed by atoms with van der Waals surface area (Å²) in [6.45, 7) is 8.39. The number of thiazole rings is 1. The average Bonchev–Trinajstić information content (AvgIpc) is 2.97. The lowest BCUT2D eigenvalue weighted by Gasteiger charge is -2.31. The van der Waals surface area contributed by atoms with Crippen LogP contribution in [0, 0.1) is 5.92 Å². The first-order valence-corrected chi connectivity index (χ1v) is 9.20. The van der Waals surface area contributed by atoms with Gasteiger partial charge in [0.1, 0.15) is 11.3 Å². The van der Waals surface area contributed by atoms with Crippen molar-refractivity contribution in [1.29, 1.82) is 0 Å². The Kier molecular flexibility index (Phi) is 4.58. The van der Waals surface area contributed by atoms with Gasteiger partial charge in [-0.3, -0.25) is 4.79 Å². The van der Waals surface area contributed by atoms with Crippen LogP contribution in [0.1, 0.15) is 54.0 Å². The normalized spacial score (nSPS) is 16.0. The standard InChI is InChI=1S/C18H22N2O3S/c1-5-16-19-17-13-7-14(21)11(18(22)23-6-2)9-20(13)12(10(3)4)8-15(17)24-16/h7,9-10,12H,5-6,8H2,1-4H3. The molecule has 0 N–H and O–H groups in total. The summed E-state index contributed by atoms with van der Waals surface area (Å²) < 4.78 is 7.06. The Hall–Kier alpha value is -1.95. The van der Waals surface area contributed by atoms with Gasteiger partial charge in [0.2, 0.25) is 0 Å². The summed E-state index contributed by atoms with van der Waals surface area (Å²) in [5.41, 5.74) is 1.49. The largest absolute Gasteiger partial charge is 0.462 e. The molecule has 0 bridgehead atoms.